The predicted octanol–water partition coefficient (Wildman–Crippen LogP) is 3.41. The van der Waals surface area contributed by atoms with Crippen LogP contribution >= 0.6 is 0 Å². The third-order valence-corrected chi connectivity index (χ3v) is 3.31. The van der Waals surface area contributed by atoms with Gasteiger partial charge in [-0.3, -0.25) is 4.79 Å². The van der Waals surface area contributed by atoms with Crippen LogP contribution in [0.25, 0.3) is 0 Å². The van der Waals surface area contributed by atoms with Crippen molar-refractivity contribution in [2.24, 2.45) is 0 Å². The van der Waals surface area contributed by atoms with E-state index in [1.807, 2.05) is 41.9 Å². The van der Waals surface area contributed by atoms with E-state index in [0.717, 1.165) is 17.8 Å². The molecule has 1 unspecified atom stereocenters. The Balaban J connectivity index is 2.21. The molecule has 0 saturated heterocycles. The van der Waals surface area contributed by atoms with Crippen molar-refractivity contribution in [2.75, 3.05) is 5.32 Å². The lowest BCUT2D eigenvalue weighted by Crippen LogP contribution is -2.18. The molecule has 0 fully saturated rings. The van der Waals surface area contributed by atoms with Gasteiger partial charge in [-0.15, -0.1) is 0 Å². The van der Waals surface area contributed by atoms with E-state index in [1.54, 1.807) is 6.20 Å². The van der Waals surface area contributed by atoms with E-state index >= 15 is 0 Å². The van der Waals surface area contributed by atoms with Crippen LogP contribution in [-0.4, -0.2) is 15.7 Å². The van der Waals surface area contributed by atoms with Gasteiger partial charge in [0.1, 0.15) is 5.82 Å². The summed E-state index contributed by atoms with van der Waals surface area (Å²) in [5.41, 5.74) is 1.66. The highest BCUT2D eigenvalue weighted by atomic mass is 16.1. The van der Waals surface area contributed by atoms with E-state index in [-0.39, 0.29) is 11.9 Å². The number of aromatic nitrogens is 2. The number of hydrogen-bond donors (Lipinski definition) is 1. The third-order valence-electron chi connectivity index (χ3n) is 3.31. The minimum atomic E-state index is -0.0943. The van der Waals surface area contributed by atoms with Crippen LogP contribution in [0.15, 0.2) is 36.5 Å². The molecular formula is C15H19N3O. The van der Waals surface area contributed by atoms with Crippen LogP contribution < -0.4 is 5.32 Å². The van der Waals surface area contributed by atoms with E-state index in [9.17, 15) is 4.79 Å². The Morgan fingerprint density at radius 2 is 2.11 bits per heavy atom. The fourth-order valence-corrected chi connectivity index (χ4v) is 1.95. The van der Waals surface area contributed by atoms with Crippen LogP contribution in [0.1, 0.15) is 42.2 Å². The van der Waals surface area contributed by atoms with Gasteiger partial charge in [0.2, 0.25) is 0 Å². The minimum absolute atomic E-state index is 0.0943. The van der Waals surface area contributed by atoms with Gasteiger partial charge >= 0.3 is 0 Å². The first kappa shape index (κ1) is 13.3. The molecule has 0 saturated carbocycles. The minimum Gasteiger partial charge on any atom is -0.307 e. The number of hydrogen-bond acceptors (Lipinski definition) is 2. The van der Waals surface area contributed by atoms with Crippen molar-refractivity contribution in [3.05, 3.63) is 47.7 Å². The van der Waals surface area contributed by atoms with Crippen LogP contribution in [0.3, 0.4) is 0 Å². The Bertz CT molecular complexity index is 574. The third kappa shape index (κ3) is 2.84. The molecule has 1 heterocycles. The van der Waals surface area contributed by atoms with Gasteiger partial charge in [0.25, 0.3) is 5.91 Å². The highest BCUT2D eigenvalue weighted by Gasteiger charge is 2.13. The summed E-state index contributed by atoms with van der Waals surface area (Å²) in [5.74, 6) is 0.644. The quantitative estimate of drug-likeness (QED) is 0.912. The second kappa shape index (κ2) is 5.69. The monoisotopic (exact) mass is 257 g/mol. The van der Waals surface area contributed by atoms with Crippen molar-refractivity contribution in [1.82, 2.24) is 9.78 Å². The molecule has 4 heteroatoms. The fraction of sp³-hybridized carbons (Fsp3) is 0.333. The average molecular weight is 257 g/mol. The SMILES string of the molecule is CCC(C)n1nccc1NC(=O)c1ccccc1C. The number of carbonyl (C=O) groups excluding carboxylic acids is 1. The molecule has 1 aromatic heterocycles. The van der Waals surface area contributed by atoms with E-state index in [1.165, 1.54) is 0 Å². The molecule has 0 aliphatic rings. The van der Waals surface area contributed by atoms with Gasteiger partial charge in [0, 0.05) is 11.6 Å². The number of benzene rings is 1. The molecule has 2 aromatic rings. The first-order valence-corrected chi connectivity index (χ1v) is 6.54. The van der Waals surface area contributed by atoms with Crippen molar-refractivity contribution in [1.29, 1.82) is 0 Å². The molecular weight excluding hydrogens is 238 g/mol. The Hall–Kier alpha value is -2.10. The molecule has 2 rings (SSSR count). The van der Waals surface area contributed by atoms with Gasteiger partial charge in [-0.05, 0) is 31.9 Å². The molecule has 0 bridgehead atoms. The van der Waals surface area contributed by atoms with Crippen LogP contribution in [0.5, 0.6) is 0 Å². The van der Waals surface area contributed by atoms with Gasteiger partial charge < -0.3 is 5.32 Å². The topological polar surface area (TPSA) is 46.9 Å². The number of rotatable bonds is 4. The lowest BCUT2D eigenvalue weighted by Gasteiger charge is -2.14. The zero-order valence-electron chi connectivity index (χ0n) is 11.6. The van der Waals surface area contributed by atoms with Gasteiger partial charge in [-0.25, -0.2) is 4.68 Å². The molecule has 1 aromatic carbocycles. The van der Waals surface area contributed by atoms with Gasteiger partial charge in [0.15, 0.2) is 0 Å². The normalized spacial score (nSPS) is 12.2. The Labute approximate surface area is 113 Å². The average Bonchev–Trinajstić information content (AvgIpc) is 2.86. The zero-order chi connectivity index (χ0) is 13.8. The number of amides is 1. The fourth-order valence-electron chi connectivity index (χ4n) is 1.95. The number of carbonyl (C=O) groups is 1. The van der Waals surface area contributed by atoms with Crippen molar-refractivity contribution < 1.29 is 4.79 Å². The summed E-state index contributed by atoms with van der Waals surface area (Å²) in [7, 11) is 0. The lowest BCUT2D eigenvalue weighted by atomic mass is 10.1. The molecule has 100 valence electrons. The summed E-state index contributed by atoms with van der Waals surface area (Å²) < 4.78 is 1.84. The van der Waals surface area contributed by atoms with E-state index < -0.39 is 0 Å². The summed E-state index contributed by atoms with van der Waals surface area (Å²) in [6.07, 6.45) is 2.68. The van der Waals surface area contributed by atoms with Crippen molar-refractivity contribution in [3.8, 4) is 0 Å². The summed E-state index contributed by atoms with van der Waals surface area (Å²) in [6, 6.07) is 9.64. The summed E-state index contributed by atoms with van der Waals surface area (Å²) in [6.45, 7) is 6.11. The van der Waals surface area contributed by atoms with Crippen LogP contribution in [-0.2, 0) is 0 Å². The van der Waals surface area contributed by atoms with E-state index in [0.29, 0.717) is 5.56 Å². The number of nitrogens with zero attached hydrogens (tertiary/aromatic N) is 2. The second-order valence-electron chi connectivity index (χ2n) is 4.69. The maximum atomic E-state index is 12.2. The van der Waals surface area contributed by atoms with Crippen LogP contribution in [0.4, 0.5) is 5.82 Å². The maximum absolute atomic E-state index is 12.2. The smallest absolute Gasteiger partial charge is 0.257 e. The number of anilines is 1. The number of aryl methyl sites for hydroxylation is 1. The van der Waals surface area contributed by atoms with E-state index in [2.05, 4.69) is 24.3 Å². The standard InChI is InChI=1S/C15H19N3O/c1-4-12(3)18-14(9-10-16-18)17-15(19)13-8-6-5-7-11(13)2/h5-10,12H,4H2,1-3H3,(H,17,19). The maximum Gasteiger partial charge on any atom is 0.257 e. The number of nitrogens with one attached hydrogen (secondary N) is 1. The molecule has 1 atom stereocenters. The van der Waals surface area contributed by atoms with Crippen molar-refractivity contribution >= 4 is 11.7 Å². The highest BCUT2D eigenvalue weighted by Crippen LogP contribution is 2.18. The lowest BCUT2D eigenvalue weighted by molar-refractivity contribution is 0.102. The van der Waals surface area contributed by atoms with Crippen molar-refractivity contribution in [3.63, 3.8) is 0 Å². The molecule has 0 radical (unpaired) electrons. The molecule has 4 nitrogen and oxygen atoms in total. The molecule has 0 aliphatic heterocycles. The molecule has 0 aliphatic carbocycles. The van der Waals surface area contributed by atoms with E-state index in [4.69, 9.17) is 0 Å². The molecule has 19 heavy (non-hydrogen) atoms. The Kier molecular flexibility index (Phi) is 4.00. The Morgan fingerprint density at radius 3 is 2.79 bits per heavy atom. The first-order chi connectivity index (χ1) is 9.13. The van der Waals surface area contributed by atoms with Crippen LogP contribution in [0.2, 0.25) is 0 Å². The van der Waals surface area contributed by atoms with Crippen molar-refractivity contribution in [2.45, 2.75) is 33.2 Å². The summed E-state index contributed by atoms with van der Waals surface area (Å²) in [4.78, 5) is 12.2. The van der Waals surface area contributed by atoms with Gasteiger partial charge in [0.05, 0.1) is 12.2 Å². The predicted molar refractivity (Wildman–Crippen MR) is 76.4 cm³/mol. The largest absolute Gasteiger partial charge is 0.307 e. The first-order valence-electron chi connectivity index (χ1n) is 6.54. The van der Waals surface area contributed by atoms with Gasteiger partial charge in [-0.2, -0.15) is 5.10 Å². The summed E-state index contributed by atoms with van der Waals surface area (Å²) >= 11 is 0. The zero-order valence-corrected chi connectivity index (χ0v) is 11.6. The molecule has 1 N–H and O–H groups in total. The highest BCUT2D eigenvalue weighted by molar-refractivity contribution is 6.04. The Morgan fingerprint density at radius 1 is 1.37 bits per heavy atom. The second-order valence-corrected chi connectivity index (χ2v) is 4.69. The molecule has 1 amide bonds. The molecule has 0 spiro atoms. The summed E-state index contributed by atoms with van der Waals surface area (Å²) in [5, 5.41) is 7.18. The van der Waals surface area contributed by atoms with Gasteiger partial charge in [-0.1, -0.05) is 25.1 Å². The van der Waals surface area contributed by atoms with Crippen LogP contribution in [0, 0.1) is 6.92 Å².